The number of hydrogen-bond acceptors (Lipinski definition) is 6. The van der Waals surface area contributed by atoms with Crippen LogP contribution in [0.5, 0.6) is 23.0 Å². The summed E-state index contributed by atoms with van der Waals surface area (Å²) >= 11 is 0. The first-order valence-electron chi connectivity index (χ1n) is 12.8. The molecule has 0 amide bonds. The quantitative estimate of drug-likeness (QED) is 0.375. The minimum atomic E-state index is 0.0253. The van der Waals surface area contributed by atoms with E-state index < -0.39 is 0 Å². The molecule has 192 valence electrons. The van der Waals surface area contributed by atoms with Crippen LogP contribution < -0.4 is 24.3 Å². The number of nitrogens with one attached hydrogen (secondary N) is 1. The van der Waals surface area contributed by atoms with Crippen molar-refractivity contribution in [2.45, 2.75) is 32.9 Å². The third-order valence-corrected chi connectivity index (χ3v) is 6.80. The molecule has 1 unspecified atom stereocenters. The Morgan fingerprint density at radius 2 is 1.58 bits per heavy atom. The van der Waals surface area contributed by atoms with Crippen molar-refractivity contribution in [3.63, 3.8) is 0 Å². The summed E-state index contributed by atoms with van der Waals surface area (Å²) < 4.78 is 23.7. The van der Waals surface area contributed by atoms with Gasteiger partial charge in [0.25, 0.3) is 0 Å². The zero-order valence-electron chi connectivity index (χ0n) is 21.9. The van der Waals surface area contributed by atoms with Crippen molar-refractivity contribution in [2.75, 3.05) is 47.0 Å². The molecule has 0 saturated carbocycles. The lowest BCUT2D eigenvalue weighted by Crippen LogP contribution is -2.30. The first-order valence-corrected chi connectivity index (χ1v) is 12.8. The number of benzene rings is 3. The van der Waals surface area contributed by atoms with Gasteiger partial charge in [-0.1, -0.05) is 50.2 Å². The molecular formula is C30H38N2O4. The van der Waals surface area contributed by atoms with E-state index in [-0.39, 0.29) is 6.04 Å². The summed E-state index contributed by atoms with van der Waals surface area (Å²) in [6, 6.07) is 20.7. The van der Waals surface area contributed by atoms with E-state index in [1.807, 2.05) is 24.3 Å². The van der Waals surface area contributed by atoms with Crippen molar-refractivity contribution in [3.05, 3.63) is 82.9 Å². The van der Waals surface area contributed by atoms with Crippen LogP contribution in [-0.2, 0) is 13.0 Å². The van der Waals surface area contributed by atoms with E-state index in [0.717, 1.165) is 66.7 Å². The summed E-state index contributed by atoms with van der Waals surface area (Å²) in [5.41, 5.74) is 4.71. The van der Waals surface area contributed by atoms with E-state index in [4.69, 9.17) is 18.9 Å². The van der Waals surface area contributed by atoms with Gasteiger partial charge in [-0.25, -0.2) is 0 Å². The molecule has 0 aliphatic carbocycles. The minimum Gasteiger partial charge on any atom is -0.493 e. The van der Waals surface area contributed by atoms with Crippen LogP contribution in [0.4, 0.5) is 0 Å². The molecular weight excluding hydrogens is 452 g/mol. The normalized spacial score (nSPS) is 14.9. The van der Waals surface area contributed by atoms with E-state index in [9.17, 15) is 0 Å². The number of fused-ring (bicyclic) bond motifs is 1. The molecule has 0 bridgehead atoms. The summed E-state index contributed by atoms with van der Waals surface area (Å²) in [6.45, 7) is 9.27. The van der Waals surface area contributed by atoms with Crippen LogP contribution in [0.2, 0.25) is 0 Å². The molecule has 0 saturated heterocycles. The van der Waals surface area contributed by atoms with E-state index >= 15 is 0 Å². The van der Waals surface area contributed by atoms with Crippen LogP contribution in [0.25, 0.3) is 0 Å². The van der Waals surface area contributed by atoms with Gasteiger partial charge in [0.15, 0.2) is 23.0 Å². The van der Waals surface area contributed by atoms with E-state index in [0.29, 0.717) is 13.2 Å². The van der Waals surface area contributed by atoms with Gasteiger partial charge in [-0.3, -0.25) is 0 Å². The number of hydrogen-bond donors (Lipinski definition) is 1. The lowest BCUT2D eigenvalue weighted by Gasteiger charge is -2.29. The van der Waals surface area contributed by atoms with Gasteiger partial charge < -0.3 is 29.2 Å². The molecule has 4 rings (SSSR count). The second kappa shape index (κ2) is 12.7. The molecule has 1 atom stereocenters. The molecule has 1 aliphatic rings. The van der Waals surface area contributed by atoms with Gasteiger partial charge in [-0.2, -0.15) is 0 Å². The Kier molecular flexibility index (Phi) is 9.09. The summed E-state index contributed by atoms with van der Waals surface area (Å²) in [4.78, 5) is 2.34. The monoisotopic (exact) mass is 490 g/mol. The van der Waals surface area contributed by atoms with Gasteiger partial charge in [-0.15, -0.1) is 0 Å². The fourth-order valence-electron chi connectivity index (χ4n) is 4.68. The largest absolute Gasteiger partial charge is 0.493 e. The molecule has 1 N–H and O–H groups in total. The molecule has 1 aliphatic heterocycles. The predicted octanol–water partition coefficient (Wildman–Crippen LogP) is 5.24. The van der Waals surface area contributed by atoms with Crippen molar-refractivity contribution in [1.82, 2.24) is 10.2 Å². The smallest absolute Gasteiger partial charge is 0.162 e. The van der Waals surface area contributed by atoms with Gasteiger partial charge in [-0.05, 0) is 66.0 Å². The zero-order valence-corrected chi connectivity index (χ0v) is 21.9. The van der Waals surface area contributed by atoms with Crippen molar-refractivity contribution >= 4 is 0 Å². The first-order chi connectivity index (χ1) is 17.7. The molecule has 0 spiro atoms. The molecule has 6 nitrogen and oxygen atoms in total. The maximum atomic E-state index is 6.21. The Bertz CT molecular complexity index is 1120. The first kappa shape index (κ1) is 25.9. The van der Waals surface area contributed by atoms with E-state index in [1.165, 1.54) is 11.1 Å². The summed E-state index contributed by atoms with van der Waals surface area (Å²) in [5.74, 6) is 3.03. The van der Waals surface area contributed by atoms with Crippen molar-refractivity contribution in [2.24, 2.45) is 0 Å². The van der Waals surface area contributed by atoms with Crippen molar-refractivity contribution < 1.29 is 18.9 Å². The third kappa shape index (κ3) is 6.12. The van der Waals surface area contributed by atoms with Gasteiger partial charge in [0.05, 0.1) is 20.3 Å². The van der Waals surface area contributed by atoms with E-state index in [2.05, 4.69) is 60.5 Å². The lowest BCUT2D eigenvalue weighted by molar-refractivity contribution is 0.217. The molecule has 0 radical (unpaired) electrons. The Morgan fingerprint density at radius 3 is 2.31 bits per heavy atom. The highest BCUT2D eigenvalue weighted by Gasteiger charge is 2.25. The average molecular weight is 491 g/mol. The number of likely N-dealkylation sites (N-methyl/N-ethyl adjacent to an activating group) is 1. The molecule has 6 heteroatoms. The molecule has 0 fully saturated rings. The molecule has 1 heterocycles. The van der Waals surface area contributed by atoms with E-state index in [1.54, 1.807) is 14.2 Å². The van der Waals surface area contributed by atoms with Crippen LogP contribution in [0.15, 0.2) is 60.7 Å². The van der Waals surface area contributed by atoms with Crippen LogP contribution in [0, 0.1) is 0 Å². The van der Waals surface area contributed by atoms with Gasteiger partial charge in [0.2, 0.25) is 0 Å². The van der Waals surface area contributed by atoms with Crippen LogP contribution in [0.3, 0.4) is 0 Å². The summed E-state index contributed by atoms with van der Waals surface area (Å²) in [7, 11) is 3.39. The molecule has 3 aromatic carbocycles. The third-order valence-electron chi connectivity index (χ3n) is 6.80. The zero-order chi connectivity index (χ0) is 25.3. The topological polar surface area (TPSA) is 52.2 Å². The molecule has 36 heavy (non-hydrogen) atoms. The van der Waals surface area contributed by atoms with Crippen LogP contribution >= 0.6 is 0 Å². The number of ether oxygens (including phenoxy) is 4. The highest BCUT2D eigenvalue weighted by Crippen LogP contribution is 2.39. The SMILES string of the molecule is CCN(CC)CCOc1ccc(C2NCCc3cc(OC)c(OCc4ccccc4)cc32)cc1OC. The highest BCUT2D eigenvalue weighted by atomic mass is 16.5. The Balaban J connectivity index is 1.56. The summed E-state index contributed by atoms with van der Waals surface area (Å²) in [6.07, 6.45) is 0.935. The highest BCUT2D eigenvalue weighted by molar-refractivity contribution is 5.53. The molecule has 3 aromatic rings. The fourth-order valence-corrected chi connectivity index (χ4v) is 4.68. The Labute approximate surface area is 215 Å². The summed E-state index contributed by atoms with van der Waals surface area (Å²) in [5, 5.41) is 3.67. The van der Waals surface area contributed by atoms with Crippen LogP contribution in [-0.4, -0.2) is 51.9 Å². The minimum absolute atomic E-state index is 0.0253. The average Bonchev–Trinajstić information content (AvgIpc) is 2.94. The van der Waals surface area contributed by atoms with Gasteiger partial charge in [0, 0.05) is 13.1 Å². The number of rotatable bonds is 12. The van der Waals surface area contributed by atoms with Gasteiger partial charge >= 0.3 is 0 Å². The van der Waals surface area contributed by atoms with Gasteiger partial charge in [0.1, 0.15) is 13.2 Å². The fraction of sp³-hybridized carbons (Fsp3) is 0.400. The molecule has 0 aromatic heterocycles. The van der Waals surface area contributed by atoms with Crippen molar-refractivity contribution in [3.8, 4) is 23.0 Å². The lowest BCUT2D eigenvalue weighted by atomic mass is 9.89. The maximum absolute atomic E-state index is 6.21. The number of nitrogens with zero attached hydrogens (tertiary/aromatic N) is 1. The standard InChI is InChI=1S/C30H38N2O4/c1-5-32(6-2)16-17-35-26-13-12-24(19-27(26)33-3)30-25-20-29(36-21-22-10-8-7-9-11-22)28(34-4)18-23(25)14-15-31-30/h7-13,18-20,30-31H,5-6,14-17,21H2,1-4H3. The maximum Gasteiger partial charge on any atom is 0.162 e. The van der Waals surface area contributed by atoms with Crippen LogP contribution in [0.1, 0.15) is 42.1 Å². The Morgan fingerprint density at radius 1 is 0.833 bits per heavy atom. The second-order valence-corrected chi connectivity index (χ2v) is 8.90. The second-order valence-electron chi connectivity index (χ2n) is 8.90. The Hall–Kier alpha value is -3.22. The predicted molar refractivity (Wildman–Crippen MR) is 144 cm³/mol. The number of methoxy groups -OCH3 is 2. The van der Waals surface area contributed by atoms with Crippen molar-refractivity contribution in [1.29, 1.82) is 0 Å².